The zero-order chi connectivity index (χ0) is 74.0. The third kappa shape index (κ3) is 11.7. The Morgan fingerprint density at radius 3 is 0.664 bits per heavy atom. The van der Waals surface area contributed by atoms with E-state index in [4.69, 9.17) is 43.2 Å². The van der Waals surface area contributed by atoms with Crippen LogP contribution in [0.25, 0.3) is 135 Å². The molecule has 6 heterocycles. The van der Waals surface area contributed by atoms with E-state index in [-0.39, 0.29) is 0 Å². The Labute approximate surface area is 621 Å². The minimum absolute atomic E-state index is 0.615. The van der Waals surface area contributed by atoms with E-state index in [1.165, 1.54) is 33.4 Å². The van der Waals surface area contributed by atoms with Crippen LogP contribution in [0.3, 0.4) is 0 Å². The van der Waals surface area contributed by atoms with E-state index >= 15 is 0 Å². The zero-order valence-electron chi connectivity index (χ0n) is 62.9. The Morgan fingerprint density at radius 1 is 0.224 bits per heavy atom. The van der Waals surface area contributed by atoms with Crippen LogP contribution in [-0.4, -0.2) is 43.6 Å². The van der Waals surface area contributed by atoms with Crippen molar-refractivity contribution >= 4 is 101 Å². The van der Waals surface area contributed by atoms with E-state index in [9.17, 15) is 0 Å². The third-order valence-corrected chi connectivity index (χ3v) is 21.4. The van der Waals surface area contributed by atoms with Gasteiger partial charge in [0, 0.05) is 88.6 Å². The van der Waals surface area contributed by atoms with Crippen molar-refractivity contribution in [2.45, 2.75) is 83.1 Å². The van der Waals surface area contributed by atoms with Crippen molar-refractivity contribution in [3.8, 4) is 68.5 Å². The standard InChI is InChI=1S/C48H45N7.C45H36N4O3/c1-28-25-43(31(4)22-34(28)46-49-37-16-10-13-19-40(37)52(46)7)55(44-26-29(2)35(23-32(44)5)47-50-38-17-11-14-20-41(38)53(47)8)45-27-30(3)36(24-33(45)6)48-51-39-18-12-15-21-42(39)54(48)9;1-25-22-37(28(4)19-31(25)43-46-34-13-7-10-16-40(34)50-43)49(38-23-26(2)32(20-29(38)5)44-47-35-14-8-11-17-41(35)51-44)39-24-27(3)33(21-30(39)6)45-48-36-15-9-12-18-42(36)52-45/h10-27H,1-9H3;7-24H,1-6H3. The van der Waals surface area contributed by atoms with E-state index in [1.54, 1.807) is 0 Å². The molecule has 0 spiro atoms. The number of benzene rings is 12. The lowest BCUT2D eigenvalue weighted by atomic mass is 9.96. The first-order valence-corrected chi connectivity index (χ1v) is 36.3. The van der Waals surface area contributed by atoms with Gasteiger partial charge >= 0.3 is 0 Å². The fraction of sp³-hybridized carbons (Fsp3) is 0.161. The first-order chi connectivity index (χ1) is 51.7. The number of hydrogen-bond donors (Lipinski definition) is 0. The Hall–Kier alpha value is -12.9. The summed E-state index contributed by atoms with van der Waals surface area (Å²) in [6.07, 6.45) is 0. The average Bonchev–Trinajstić information content (AvgIpc) is 1.32. The number of nitrogens with zero attached hydrogens (tertiary/aromatic N) is 11. The van der Waals surface area contributed by atoms with E-state index in [2.05, 4.69) is 273 Å². The van der Waals surface area contributed by atoms with E-state index in [1.807, 2.05) is 72.8 Å². The van der Waals surface area contributed by atoms with Crippen LogP contribution in [0.1, 0.15) is 66.8 Å². The van der Waals surface area contributed by atoms with Crippen LogP contribution < -0.4 is 9.80 Å². The molecule has 0 saturated carbocycles. The molecule has 526 valence electrons. The molecule has 14 heteroatoms. The van der Waals surface area contributed by atoms with E-state index in [0.29, 0.717) is 17.7 Å². The molecule has 0 fully saturated rings. The van der Waals surface area contributed by atoms with Gasteiger partial charge in [0.1, 0.15) is 34.0 Å². The molecule has 6 aromatic heterocycles. The van der Waals surface area contributed by atoms with Crippen LogP contribution in [0.15, 0.2) is 232 Å². The van der Waals surface area contributed by atoms with Crippen LogP contribution in [-0.2, 0) is 21.1 Å². The van der Waals surface area contributed by atoms with Gasteiger partial charge in [-0.05, 0) is 295 Å². The van der Waals surface area contributed by atoms with Gasteiger partial charge in [0.05, 0.1) is 33.1 Å². The molecule has 0 N–H and O–H groups in total. The topological polar surface area (TPSA) is 138 Å². The number of aryl methyl sites for hydroxylation is 15. The number of imidazole rings is 3. The Kier molecular flexibility index (Phi) is 16.6. The van der Waals surface area contributed by atoms with Gasteiger partial charge in [-0.3, -0.25) is 0 Å². The molecule has 0 unspecified atom stereocenters. The maximum absolute atomic E-state index is 6.23. The second kappa shape index (κ2) is 26.3. The molecule has 0 amide bonds. The molecule has 0 saturated heterocycles. The van der Waals surface area contributed by atoms with Gasteiger partial charge in [-0.15, -0.1) is 0 Å². The highest BCUT2D eigenvalue weighted by atomic mass is 16.4. The average molecular weight is 1400 g/mol. The normalized spacial score (nSPS) is 11.7. The van der Waals surface area contributed by atoms with Crippen LogP contribution in [0.4, 0.5) is 34.1 Å². The third-order valence-electron chi connectivity index (χ3n) is 21.4. The molecule has 0 aliphatic carbocycles. The van der Waals surface area contributed by atoms with Crippen molar-refractivity contribution in [2.24, 2.45) is 21.1 Å². The quantitative estimate of drug-likeness (QED) is 0.116. The summed E-state index contributed by atoms with van der Waals surface area (Å²) in [6, 6.07) is 75.9. The Balaban J connectivity index is 0.000000157. The lowest BCUT2D eigenvalue weighted by Crippen LogP contribution is -2.16. The highest BCUT2D eigenvalue weighted by Gasteiger charge is 2.29. The van der Waals surface area contributed by atoms with E-state index in [0.717, 1.165) is 185 Å². The summed E-state index contributed by atoms with van der Waals surface area (Å²) < 4.78 is 25.3. The minimum atomic E-state index is 0.615. The second-order valence-electron chi connectivity index (χ2n) is 28.8. The number of fused-ring (bicyclic) bond motifs is 6. The lowest BCUT2D eigenvalue weighted by molar-refractivity contribution is 0.619. The Bertz CT molecular complexity index is 5900. The molecule has 0 aliphatic heterocycles. The van der Waals surface area contributed by atoms with Gasteiger partial charge in [-0.1, -0.05) is 72.8 Å². The lowest BCUT2D eigenvalue weighted by Gasteiger charge is -2.32. The molecule has 18 aromatic rings. The van der Waals surface area contributed by atoms with Crippen molar-refractivity contribution in [1.29, 1.82) is 0 Å². The van der Waals surface area contributed by atoms with Crippen molar-refractivity contribution in [3.05, 3.63) is 285 Å². The largest absolute Gasteiger partial charge is 0.436 e. The molecular formula is C93H81N11O3. The van der Waals surface area contributed by atoms with Gasteiger partial charge in [-0.2, -0.15) is 0 Å². The summed E-state index contributed by atoms with van der Waals surface area (Å²) in [7, 11) is 6.32. The molecule has 0 aliphatic rings. The predicted octanol–water partition coefficient (Wildman–Crippen LogP) is 24.1. The number of anilines is 6. The smallest absolute Gasteiger partial charge is 0.227 e. The molecule has 0 bridgehead atoms. The number of hydrogen-bond acceptors (Lipinski definition) is 11. The SMILES string of the molecule is Cc1cc(N(c2cc(C)c(-c3nc4ccccc4n3C)cc2C)c2cc(C)c(-c3nc4ccccc4n3C)cc2C)c(C)cc1-c1nc2ccccc2n1C.Cc1cc(N(c2cc(C)c(-c3nc4ccccc4o3)cc2C)c2cc(C)c(-c3nc4ccccc4o3)cc2C)c(C)cc1-c1nc2ccccc2o1. The van der Waals surface area contributed by atoms with Crippen LogP contribution >= 0.6 is 0 Å². The molecular weight excluding hydrogens is 1320 g/mol. The van der Waals surface area contributed by atoms with Gasteiger partial charge in [0.15, 0.2) is 16.7 Å². The fourth-order valence-electron chi connectivity index (χ4n) is 15.6. The summed E-state index contributed by atoms with van der Waals surface area (Å²) in [6.45, 7) is 26.1. The monoisotopic (exact) mass is 1400 g/mol. The predicted molar refractivity (Wildman–Crippen MR) is 437 cm³/mol. The molecule has 107 heavy (non-hydrogen) atoms. The number of aromatic nitrogens is 9. The van der Waals surface area contributed by atoms with Gasteiger partial charge in [0.25, 0.3) is 0 Å². The van der Waals surface area contributed by atoms with Crippen molar-refractivity contribution in [3.63, 3.8) is 0 Å². The molecule has 14 nitrogen and oxygen atoms in total. The fourth-order valence-corrected chi connectivity index (χ4v) is 15.6. The number of rotatable bonds is 12. The highest BCUT2D eigenvalue weighted by Crippen LogP contribution is 2.49. The maximum atomic E-state index is 6.23. The van der Waals surface area contributed by atoms with Crippen LogP contribution in [0, 0.1) is 83.1 Å². The first-order valence-electron chi connectivity index (χ1n) is 36.3. The maximum Gasteiger partial charge on any atom is 0.227 e. The number of para-hydroxylation sites is 12. The molecule has 0 radical (unpaired) electrons. The van der Waals surface area contributed by atoms with Crippen LogP contribution in [0.5, 0.6) is 0 Å². The van der Waals surface area contributed by atoms with Crippen molar-refractivity contribution in [1.82, 2.24) is 43.6 Å². The van der Waals surface area contributed by atoms with E-state index < -0.39 is 0 Å². The molecule has 0 atom stereocenters. The van der Waals surface area contributed by atoms with Crippen molar-refractivity contribution < 1.29 is 13.3 Å². The summed E-state index contributed by atoms with van der Waals surface area (Å²) >= 11 is 0. The second-order valence-corrected chi connectivity index (χ2v) is 28.8. The molecule has 18 rings (SSSR count). The van der Waals surface area contributed by atoms with Crippen LogP contribution in [0.2, 0.25) is 0 Å². The van der Waals surface area contributed by atoms with Gasteiger partial charge < -0.3 is 36.8 Å². The minimum Gasteiger partial charge on any atom is -0.436 e. The van der Waals surface area contributed by atoms with Gasteiger partial charge in [-0.25, -0.2) is 29.9 Å². The number of oxazole rings is 3. The van der Waals surface area contributed by atoms with Crippen molar-refractivity contribution in [2.75, 3.05) is 9.80 Å². The Morgan fingerprint density at radius 2 is 0.430 bits per heavy atom. The van der Waals surface area contributed by atoms with Gasteiger partial charge in [0.2, 0.25) is 17.7 Å². The summed E-state index contributed by atoms with van der Waals surface area (Å²) in [5.41, 5.74) is 37.6. The zero-order valence-corrected chi connectivity index (χ0v) is 62.9. The first kappa shape index (κ1) is 67.2. The summed E-state index contributed by atoms with van der Waals surface area (Å²) in [5, 5.41) is 0. The highest BCUT2D eigenvalue weighted by molar-refractivity contribution is 5.93. The molecule has 12 aromatic carbocycles. The summed E-state index contributed by atoms with van der Waals surface area (Å²) in [5.74, 6) is 4.76. The summed E-state index contributed by atoms with van der Waals surface area (Å²) in [4.78, 5) is 34.6.